The molecule has 0 bridgehead atoms. The van der Waals surface area contributed by atoms with Crippen LogP contribution in [0.4, 0.5) is 0 Å². The van der Waals surface area contributed by atoms with Crippen molar-refractivity contribution in [1.29, 1.82) is 0 Å². The molecule has 0 saturated carbocycles. The van der Waals surface area contributed by atoms with Crippen molar-refractivity contribution >= 4 is 29.9 Å². The van der Waals surface area contributed by atoms with Crippen molar-refractivity contribution in [1.82, 2.24) is 25.4 Å². The number of guanidine groups is 1. The smallest absolute Gasteiger partial charge is 0.191 e. The van der Waals surface area contributed by atoms with Gasteiger partial charge in [0.2, 0.25) is 0 Å². The number of aromatic nitrogens is 3. The highest BCUT2D eigenvalue weighted by Crippen LogP contribution is 2.21. The molecule has 2 rings (SSSR count). The molecule has 7 heteroatoms. The van der Waals surface area contributed by atoms with Gasteiger partial charge >= 0.3 is 0 Å². The minimum absolute atomic E-state index is 0. The molecule has 1 aromatic carbocycles. The predicted octanol–water partition coefficient (Wildman–Crippen LogP) is 3.77. The van der Waals surface area contributed by atoms with Crippen LogP contribution in [0.25, 0.3) is 5.69 Å². The molecule has 2 aromatic rings. The van der Waals surface area contributed by atoms with Gasteiger partial charge in [-0.2, -0.15) is 5.10 Å². The van der Waals surface area contributed by atoms with E-state index in [1.807, 2.05) is 12.1 Å². The summed E-state index contributed by atoms with van der Waals surface area (Å²) < 4.78 is 1.74. The van der Waals surface area contributed by atoms with Gasteiger partial charge in [-0.15, -0.1) is 24.0 Å². The van der Waals surface area contributed by atoms with E-state index >= 15 is 0 Å². The summed E-state index contributed by atoms with van der Waals surface area (Å²) >= 11 is 0. The van der Waals surface area contributed by atoms with E-state index in [-0.39, 0.29) is 24.0 Å². The molecule has 0 aliphatic carbocycles. The second-order valence-electron chi connectivity index (χ2n) is 7.58. The Kier molecular flexibility index (Phi) is 9.04. The Morgan fingerprint density at radius 2 is 1.92 bits per heavy atom. The van der Waals surface area contributed by atoms with Crippen LogP contribution in [0, 0.1) is 5.41 Å². The van der Waals surface area contributed by atoms with Gasteiger partial charge in [0.05, 0.1) is 5.69 Å². The van der Waals surface area contributed by atoms with Crippen LogP contribution in [0.15, 0.2) is 41.9 Å². The van der Waals surface area contributed by atoms with E-state index in [2.05, 4.69) is 65.5 Å². The van der Waals surface area contributed by atoms with Gasteiger partial charge in [0.25, 0.3) is 0 Å². The molecule has 1 heterocycles. The summed E-state index contributed by atoms with van der Waals surface area (Å²) in [4.78, 5) is 8.28. The Bertz CT molecular complexity index is 658. The third kappa shape index (κ3) is 7.72. The first-order valence-electron chi connectivity index (χ1n) is 8.78. The van der Waals surface area contributed by atoms with Crippen LogP contribution in [0.3, 0.4) is 0 Å². The molecule has 26 heavy (non-hydrogen) atoms. The van der Waals surface area contributed by atoms with Gasteiger partial charge in [0.1, 0.15) is 12.7 Å². The predicted molar refractivity (Wildman–Crippen MR) is 118 cm³/mol. The Labute approximate surface area is 173 Å². The molecule has 2 N–H and O–H groups in total. The highest BCUT2D eigenvalue weighted by molar-refractivity contribution is 14.0. The zero-order valence-corrected chi connectivity index (χ0v) is 18.7. The van der Waals surface area contributed by atoms with E-state index in [1.165, 1.54) is 18.3 Å². The maximum atomic E-state index is 4.32. The molecular weight excluding hydrogens is 439 g/mol. The average Bonchev–Trinajstić information content (AvgIpc) is 3.11. The maximum absolute atomic E-state index is 4.32. The Hall–Kier alpha value is -1.64. The van der Waals surface area contributed by atoms with Gasteiger partial charge in [0.15, 0.2) is 5.96 Å². The fourth-order valence-electron chi connectivity index (χ4n) is 2.44. The number of hydrogen-bond donors (Lipinski definition) is 2. The molecule has 6 nitrogen and oxygen atoms in total. The normalized spacial score (nSPS) is 13.0. The van der Waals surface area contributed by atoms with Gasteiger partial charge < -0.3 is 10.6 Å². The lowest BCUT2D eigenvalue weighted by Gasteiger charge is -2.23. The van der Waals surface area contributed by atoms with Crippen LogP contribution < -0.4 is 10.6 Å². The first-order valence-corrected chi connectivity index (χ1v) is 8.78. The number of nitrogens with one attached hydrogen (secondary N) is 2. The second-order valence-corrected chi connectivity index (χ2v) is 7.58. The molecule has 0 saturated heterocycles. The van der Waals surface area contributed by atoms with E-state index in [0.717, 1.165) is 24.6 Å². The lowest BCUT2D eigenvalue weighted by Crippen LogP contribution is -2.42. The third-order valence-electron chi connectivity index (χ3n) is 4.01. The zero-order valence-electron chi connectivity index (χ0n) is 16.4. The number of aliphatic imine (C=N–C) groups is 1. The van der Waals surface area contributed by atoms with Crippen molar-refractivity contribution < 1.29 is 0 Å². The van der Waals surface area contributed by atoms with Gasteiger partial charge in [-0.05, 0) is 42.9 Å². The monoisotopic (exact) mass is 470 g/mol. The SMILES string of the molecule is CN=C(NCc1ccc(-n2cncn2)cc1)NC(C)CCC(C)(C)C.I. The van der Waals surface area contributed by atoms with E-state index in [1.54, 1.807) is 18.1 Å². The number of nitrogens with zero attached hydrogens (tertiary/aromatic N) is 4. The van der Waals surface area contributed by atoms with Crippen LogP contribution in [0.1, 0.15) is 46.1 Å². The second kappa shape index (κ2) is 10.5. The van der Waals surface area contributed by atoms with Crippen LogP contribution in [-0.2, 0) is 6.54 Å². The summed E-state index contributed by atoms with van der Waals surface area (Å²) in [5, 5.41) is 11.0. The first kappa shape index (κ1) is 22.4. The summed E-state index contributed by atoms with van der Waals surface area (Å²) in [5.74, 6) is 0.835. The highest BCUT2D eigenvalue weighted by Gasteiger charge is 2.13. The Morgan fingerprint density at radius 3 is 2.46 bits per heavy atom. The molecule has 0 radical (unpaired) electrons. The standard InChI is InChI=1S/C19H30N6.HI/c1-15(10-11-19(2,3)4)24-18(20-5)22-12-16-6-8-17(9-7-16)25-14-21-13-23-25;/h6-9,13-15H,10-12H2,1-5H3,(H2,20,22,24);1H. The summed E-state index contributed by atoms with van der Waals surface area (Å²) in [7, 11) is 1.81. The molecule has 144 valence electrons. The van der Waals surface area contributed by atoms with Crippen molar-refractivity contribution in [3.05, 3.63) is 42.5 Å². The summed E-state index contributed by atoms with van der Waals surface area (Å²) in [6.45, 7) is 9.75. The van der Waals surface area contributed by atoms with Gasteiger partial charge in [-0.1, -0.05) is 32.9 Å². The lowest BCUT2D eigenvalue weighted by molar-refractivity contribution is 0.346. The topological polar surface area (TPSA) is 67.1 Å². The van der Waals surface area contributed by atoms with E-state index in [0.29, 0.717) is 11.5 Å². The average molecular weight is 470 g/mol. The highest BCUT2D eigenvalue weighted by atomic mass is 127. The number of halogens is 1. The van der Waals surface area contributed by atoms with Gasteiger partial charge in [-0.3, -0.25) is 4.99 Å². The molecule has 0 spiro atoms. The Balaban J connectivity index is 0.00000338. The number of rotatable bonds is 6. The molecule has 0 aliphatic heterocycles. The molecule has 0 fully saturated rings. The van der Waals surface area contributed by atoms with Crippen molar-refractivity contribution in [2.24, 2.45) is 10.4 Å². The van der Waals surface area contributed by atoms with Gasteiger partial charge in [0, 0.05) is 19.6 Å². The minimum atomic E-state index is 0. The quantitative estimate of drug-likeness (QED) is 0.383. The minimum Gasteiger partial charge on any atom is -0.354 e. The molecule has 1 aromatic heterocycles. The van der Waals surface area contributed by atoms with Crippen molar-refractivity contribution in [3.63, 3.8) is 0 Å². The van der Waals surface area contributed by atoms with E-state index in [9.17, 15) is 0 Å². The van der Waals surface area contributed by atoms with E-state index < -0.39 is 0 Å². The first-order chi connectivity index (χ1) is 11.9. The third-order valence-corrected chi connectivity index (χ3v) is 4.01. The van der Waals surface area contributed by atoms with Crippen molar-refractivity contribution in [2.75, 3.05) is 7.05 Å². The van der Waals surface area contributed by atoms with Crippen molar-refractivity contribution in [2.45, 2.75) is 53.1 Å². The molecular formula is C19H31IN6. The summed E-state index contributed by atoms with van der Waals surface area (Å²) in [6.07, 6.45) is 5.53. The van der Waals surface area contributed by atoms with Crippen LogP contribution in [0.2, 0.25) is 0 Å². The fourth-order valence-corrected chi connectivity index (χ4v) is 2.44. The Morgan fingerprint density at radius 1 is 1.23 bits per heavy atom. The summed E-state index contributed by atoms with van der Waals surface area (Å²) in [5.41, 5.74) is 2.55. The number of hydrogen-bond acceptors (Lipinski definition) is 3. The largest absolute Gasteiger partial charge is 0.354 e. The van der Waals surface area contributed by atoms with Crippen molar-refractivity contribution in [3.8, 4) is 5.69 Å². The van der Waals surface area contributed by atoms with Crippen LogP contribution >= 0.6 is 24.0 Å². The zero-order chi connectivity index (χ0) is 18.3. The van der Waals surface area contributed by atoms with E-state index in [4.69, 9.17) is 0 Å². The molecule has 1 unspecified atom stereocenters. The fraction of sp³-hybridized carbons (Fsp3) is 0.526. The van der Waals surface area contributed by atoms with Crippen LogP contribution in [-0.4, -0.2) is 33.8 Å². The van der Waals surface area contributed by atoms with Crippen LogP contribution in [0.5, 0.6) is 0 Å². The number of benzene rings is 1. The lowest BCUT2D eigenvalue weighted by atomic mass is 9.89. The summed E-state index contributed by atoms with van der Waals surface area (Å²) in [6, 6.07) is 8.63. The maximum Gasteiger partial charge on any atom is 0.191 e. The molecule has 1 atom stereocenters. The molecule has 0 amide bonds. The molecule has 0 aliphatic rings. The van der Waals surface area contributed by atoms with Gasteiger partial charge in [-0.25, -0.2) is 9.67 Å².